The summed E-state index contributed by atoms with van der Waals surface area (Å²) in [6.07, 6.45) is -4.61. The van der Waals surface area contributed by atoms with E-state index >= 15 is 0 Å². The quantitative estimate of drug-likeness (QED) is 0.421. The van der Waals surface area contributed by atoms with E-state index in [9.17, 15) is 17.6 Å². The standard InChI is InChI=1S/C8H5F4I/c9-7-2-1-5(4-13)3-6(7)8(10,11)12/h1-3H,4H2/i9-1. The summed E-state index contributed by atoms with van der Waals surface area (Å²) in [6.45, 7) is 0. The lowest BCUT2D eigenvalue weighted by atomic mass is 10.1. The van der Waals surface area contributed by atoms with Crippen LogP contribution in [0, 0.1) is 5.82 Å². The number of halogens is 5. The zero-order chi connectivity index (χ0) is 10.1. The Kier molecular flexibility index (Phi) is 3.15. The van der Waals surface area contributed by atoms with Gasteiger partial charge in [0.25, 0.3) is 0 Å². The lowest BCUT2D eigenvalue weighted by molar-refractivity contribution is -0.140. The first-order valence-electron chi connectivity index (χ1n) is 3.36. The van der Waals surface area contributed by atoms with Gasteiger partial charge in [0, 0.05) is 4.43 Å². The fourth-order valence-corrected chi connectivity index (χ4v) is 1.35. The molecule has 0 nitrogen and oxygen atoms in total. The summed E-state index contributed by atoms with van der Waals surface area (Å²) >= 11 is 1.92. The predicted molar refractivity (Wildman–Crippen MR) is 49.1 cm³/mol. The molecule has 0 aromatic heterocycles. The molecule has 13 heavy (non-hydrogen) atoms. The summed E-state index contributed by atoms with van der Waals surface area (Å²) in [5, 5.41) is 0. The SMILES string of the molecule is FC(F)(F)c1cc(CI)ccc1[18F]. The molecular weight excluding hydrogens is 298 g/mol. The molecule has 0 atom stereocenters. The van der Waals surface area contributed by atoms with Gasteiger partial charge in [-0.05, 0) is 17.7 Å². The molecule has 0 aliphatic carbocycles. The van der Waals surface area contributed by atoms with E-state index in [1.165, 1.54) is 6.07 Å². The Morgan fingerprint density at radius 2 is 1.85 bits per heavy atom. The van der Waals surface area contributed by atoms with Crippen molar-refractivity contribution in [3.63, 3.8) is 0 Å². The zero-order valence-corrected chi connectivity index (χ0v) is 8.49. The topological polar surface area (TPSA) is 0 Å². The van der Waals surface area contributed by atoms with Gasteiger partial charge < -0.3 is 0 Å². The second-order valence-corrected chi connectivity index (χ2v) is 3.21. The molecule has 0 aliphatic rings. The predicted octanol–water partition coefficient (Wildman–Crippen LogP) is 3.78. The summed E-state index contributed by atoms with van der Waals surface area (Å²) in [6, 6.07) is 3.02. The molecule has 0 spiro atoms. The molecule has 0 bridgehead atoms. The minimum atomic E-state index is -4.61. The second kappa shape index (κ2) is 3.81. The van der Waals surface area contributed by atoms with Gasteiger partial charge in [0.2, 0.25) is 0 Å². The van der Waals surface area contributed by atoms with Crippen LogP contribution in [0.1, 0.15) is 11.1 Å². The van der Waals surface area contributed by atoms with E-state index in [2.05, 4.69) is 0 Å². The summed E-state index contributed by atoms with van der Waals surface area (Å²) in [5.41, 5.74) is -0.726. The van der Waals surface area contributed by atoms with Gasteiger partial charge in [0.1, 0.15) is 5.82 Å². The lowest BCUT2D eigenvalue weighted by Crippen LogP contribution is -2.08. The van der Waals surface area contributed by atoms with Crippen molar-refractivity contribution in [1.29, 1.82) is 0 Å². The third kappa shape index (κ3) is 2.55. The van der Waals surface area contributed by atoms with E-state index in [1.807, 2.05) is 22.6 Å². The maximum absolute atomic E-state index is 12.7. The van der Waals surface area contributed by atoms with Crippen LogP contribution < -0.4 is 0 Å². The van der Waals surface area contributed by atoms with Crippen LogP contribution in [0.2, 0.25) is 0 Å². The van der Waals surface area contributed by atoms with Crippen LogP contribution >= 0.6 is 22.6 Å². The first-order chi connectivity index (χ1) is 5.95. The Hall–Kier alpha value is -0.330. The second-order valence-electron chi connectivity index (χ2n) is 2.45. The van der Waals surface area contributed by atoms with E-state index in [-0.39, 0.29) is 0 Å². The van der Waals surface area contributed by atoms with Gasteiger partial charge >= 0.3 is 6.18 Å². The van der Waals surface area contributed by atoms with Gasteiger partial charge in [-0.15, -0.1) is 0 Å². The first kappa shape index (κ1) is 10.7. The van der Waals surface area contributed by atoms with E-state index in [4.69, 9.17) is 0 Å². The summed E-state index contributed by atoms with van der Waals surface area (Å²) < 4.78 is 49.5. The van der Waals surface area contributed by atoms with Crippen LogP contribution in [0.4, 0.5) is 17.6 Å². The van der Waals surface area contributed by atoms with Crippen molar-refractivity contribution in [2.75, 3.05) is 0 Å². The van der Waals surface area contributed by atoms with E-state index in [1.54, 1.807) is 0 Å². The molecule has 0 saturated heterocycles. The van der Waals surface area contributed by atoms with Crippen molar-refractivity contribution in [2.45, 2.75) is 10.6 Å². The molecule has 72 valence electrons. The van der Waals surface area contributed by atoms with Crippen molar-refractivity contribution >= 4 is 22.6 Å². The number of benzene rings is 1. The van der Waals surface area contributed by atoms with E-state index in [0.717, 1.165) is 12.1 Å². The van der Waals surface area contributed by atoms with Gasteiger partial charge in [-0.3, -0.25) is 0 Å². The number of alkyl halides is 4. The number of hydrogen-bond donors (Lipinski definition) is 0. The highest BCUT2D eigenvalue weighted by molar-refractivity contribution is 14.1. The highest BCUT2D eigenvalue weighted by Gasteiger charge is 2.33. The van der Waals surface area contributed by atoms with Crippen LogP contribution in [0.3, 0.4) is 0 Å². The average molecular weight is 303 g/mol. The molecule has 1 rings (SSSR count). The maximum Gasteiger partial charge on any atom is 0.419 e. The van der Waals surface area contributed by atoms with Gasteiger partial charge in [-0.1, -0.05) is 28.7 Å². The molecule has 0 heterocycles. The molecule has 0 aliphatic heterocycles. The lowest BCUT2D eigenvalue weighted by Gasteiger charge is -2.08. The van der Waals surface area contributed by atoms with E-state index in [0.29, 0.717) is 9.99 Å². The maximum atomic E-state index is 12.7. The normalized spacial score (nSPS) is 11.8. The van der Waals surface area contributed by atoms with Crippen LogP contribution in [-0.2, 0) is 10.6 Å². The fourth-order valence-electron chi connectivity index (χ4n) is 0.873. The largest absolute Gasteiger partial charge is 0.419 e. The fraction of sp³-hybridized carbons (Fsp3) is 0.250. The summed E-state index contributed by atoms with van der Waals surface area (Å²) in [7, 11) is 0. The molecule has 1 aromatic rings. The molecule has 0 radical (unpaired) electrons. The third-order valence-corrected chi connectivity index (χ3v) is 2.37. The molecule has 0 fully saturated rings. The molecule has 0 saturated carbocycles. The van der Waals surface area contributed by atoms with Gasteiger partial charge in [0.05, 0.1) is 5.56 Å². The Labute approximate surface area is 86.1 Å². The minimum absolute atomic E-state index is 0.432. The van der Waals surface area contributed by atoms with Crippen molar-refractivity contribution < 1.29 is 17.6 Å². The first-order valence-corrected chi connectivity index (χ1v) is 4.89. The van der Waals surface area contributed by atoms with Crippen LogP contribution in [0.5, 0.6) is 0 Å². The zero-order valence-electron chi connectivity index (χ0n) is 6.33. The summed E-state index contributed by atoms with van der Waals surface area (Å²) in [4.78, 5) is 0. The molecule has 0 amide bonds. The molecule has 0 N–H and O–H groups in total. The molecular formula is C8H5F4I. The van der Waals surface area contributed by atoms with Crippen molar-refractivity contribution in [1.82, 2.24) is 0 Å². The Morgan fingerprint density at radius 3 is 2.31 bits per heavy atom. The van der Waals surface area contributed by atoms with Crippen molar-refractivity contribution in [3.8, 4) is 0 Å². The number of hydrogen-bond acceptors (Lipinski definition) is 0. The summed E-state index contributed by atoms with van der Waals surface area (Å²) in [5.74, 6) is -1.22. The highest BCUT2D eigenvalue weighted by Crippen LogP contribution is 2.32. The van der Waals surface area contributed by atoms with Crippen molar-refractivity contribution in [3.05, 3.63) is 35.1 Å². The average Bonchev–Trinajstić information content (AvgIpc) is 2.03. The van der Waals surface area contributed by atoms with Gasteiger partial charge in [-0.2, -0.15) is 13.2 Å². The van der Waals surface area contributed by atoms with E-state index < -0.39 is 17.6 Å². The van der Waals surface area contributed by atoms with Crippen molar-refractivity contribution in [2.24, 2.45) is 0 Å². The Balaban J connectivity index is 3.19. The number of rotatable bonds is 1. The molecule has 5 heteroatoms. The Bertz CT molecular complexity index is 306. The minimum Gasteiger partial charge on any atom is -0.206 e. The third-order valence-electron chi connectivity index (χ3n) is 1.49. The highest BCUT2D eigenvalue weighted by atomic mass is 127. The van der Waals surface area contributed by atoms with Crippen LogP contribution in [0.25, 0.3) is 0 Å². The van der Waals surface area contributed by atoms with Crippen LogP contribution in [0.15, 0.2) is 18.2 Å². The van der Waals surface area contributed by atoms with Gasteiger partial charge in [-0.25, -0.2) is 4.39 Å². The smallest absolute Gasteiger partial charge is 0.206 e. The molecule has 0 unspecified atom stereocenters. The van der Waals surface area contributed by atoms with Crippen LogP contribution in [-0.4, -0.2) is 0 Å². The van der Waals surface area contributed by atoms with Gasteiger partial charge in [0.15, 0.2) is 0 Å². The Morgan fingerprint density at radius 1 is 1.23 bits per heavy atom. The molecule has 1 aromatic carbocycles. The monoisotopic (exact) mass is 303 g/mol.